The van der Waals surface area contributed by atoms with Crippen molar-refractivity contribution < 1.29 is 31.6 Å². The summed E-state index contributed by atoms with van der Waals surface area (Å²) in [4.78, 5) is 18.1. The van der Waals surface area contributed by atoms with Crippen LogP contribution in [0.4, 0.5) is 8.78 Å². The summed E-state index contributed by atoms with van der Waals surface area (Å²) < 4.78 is 60.6. The van der Waals surface area contributed by atoms with Gasteiger partial charge in [0.2, 0.25) is 10.0 Å². The smallest absolute Gasteiger partial charge is 0.251 e. The fraction of sp³-hybridized carbons (Fsp3) is 0.290. The molecule has 15 heteroatoms. The van der Waals surface area contributed by atoms with Gasteiger partial charge in [-0.05, 0) is 42.0 Å². The van der Waals surface area contributed by atoms with Gasteiger partial charge in [-0.1, -0.05) is 54.9 Å². The maximum atomic E-state index is 15.3. The third kappa shape index (κ3) is 7.84. The van der Waals surface area contributed by atoms with E-state index in [1.54, 1.807) is 22.9 Å². The number of halogens is 4. The number of carbonyl (C=O) groups is 1. The monoisotopic (exact) mass is 712 g/mol. The largest absolute Gasteiger partial charge is 0.494 e. The van der Waals surface area contributed by atoms with Gasteiger partial charge in [0.15, 0.2) is 16.7 Å². The van der Waals surface area contributed by atoms with Gasteiger partial charge in [0.25, 0.3) is 5.91 Å². The molecule has 3 aromatic carbocycles. The number of carbonyl (C=O) groups excluding carboxylic acids is 1. The van der Waals surface area contributed by atoms with Crippen LogP contribution in [0.3, 0.4) is 0 Å². The Morgan fingerprint density at radius 1 is 1.09 bits per heavy atom. The highest BCUT2D eigenvalue weighted by molar-refractivity contribution is 7.98. The first-order chi connectivity index (χ1) is 21.5. The number of nitrogens with two attached hydrogens (primary N) is 1. The van der Waals surface area contributed by atoms with Gasteiger partial charge in [-0.25, -0.2) is 27.3 Å². The van der Waals surface area contributed by atoms with Crippen molar-refractivity contribution in [3.63, 3.8) is 0 Å². The minimum absolute atomic E-state index is 0.00129. The molecule has 0 fully saturated rings. The van der Waals surface area contributed by atoms with Gasteiger partial charge >= 0.3 is 0 Å². The van der Waals surface area contributed by atoms with Gasteiger partial charge in [0.1, 0.15) is 10.7 Å². The summed E-state index contributed by atoms with van der Waals surface area (Å²) in [5, 5.41) is 8.52. The van der Waals surface area contributed by atoms with Gasteiger partial charge in [0.05, 0.1) is 56.9 Å². The van der Waals surface area contributed by atoms with Crippen molar-refractivity contribution in [3.05, 3.63) is 98.8 Å². The number of primary sulfonamides is 1. The number of thioether (sulfide) groups is 1. The average Bonchev–Trinajstić information content (AvgIpc) is 3.40. The maximum absolute atomic E-state index is 15.3. The van der Waals surface area contributed by atoms with Crippen LogP contribution in [0.5, 0.6) is 5.75 Å². The van der Waals surface area contributed by atoms with E-state index in [1.807, 2.05) is 27.9 Å². The van der Waals surface area contributed by atoms with Crippen molar-refractivity contribution >= 4 is 50.9 Å². The van der Waals surface area contributed by atoms with Gasteiger partial charge < -0.3 is 15.0 Å². The molecule has 246 valence electrons. The van der Waals surface area contributed by atoms with E-state index in [2.05, 4.69) is 10.3 Å². The minimum atomic E-state index is -4.04. The fourth-order valence-electron chi connectivity index (χ4n) is 4.72. The molecule has 0 atom stereocenters. The van der Waals surface area contributed by atoms with E-state index in [0.29, 0.717) is 35.2 Å². The third-order valence-corrected chi connectivity index (χ3v) is 10.1. The van der Waals surface area contributed by atoms with Crippen LogP contribution >= 0.6 is 35.0 Å². The van der Waals surface area contributed by atoms with Crippen molar-refractivity contribution in [1.29, 1.82) is 0 Å². The van der Waals surface area contributed by atoms with Crippen LogP contribution in [0.2, 0.25) is 10.0 Å². The molecule has 0 saturated carbocycles. The molecule has 0 radical (unpaired) electrons. The molecule has 0 aliphatic rings. The molecule has 4 rings (SSSR count). The summed E-state index contributed by atoms with van der Waals surface area (Å²) in [5.41, 5.74) is 1.24. The number of amides is 1. The molecule has 0 aliphatic carbocycles. The molecule has 9 nitrogen and oxygen atoms in total. The first kappa shape index (κ1) is 35.7. The van der Waals surface area contributed by atoms with E-state index in [4.69, 9.17) is 33.1 Å². The quantitative estimate of drug-likeness (QED) is 0.185. The molecular formula is C31H34Cl2F2N5O4S2+. The lowest BCUT2D eigenvalue weighted by Crippen LogP contribution is -3.06. The molecule has 0 aliphatic heterocycles. The lowest BCUT2D eigenvalue weighted by Gasteiger charge is -2.28. The van der Waals surface area contributed by atoms with Crippen LogP contribution in [0.25, 0.3) is 5.69 Å². The number of imidazole rings is 1. The van der Waals surface area contributed by atoms with Crippen LogP contribution in [0.15, 0.2) is 64.8 Å². The minimum Gasteiger partial charge on any atom is -0.494 e. The summed E-state index contributed by atoms with van der Waals surface area (Å²) in [6, 6.07) is 11.4. The normalized spacial score (nSPS) is 12.1. The second kappa shape index (κ2) is 14.3. The van der Waals surface area contributed by atoms with Crippen LogP contribution in [-0.2, 0) is 21.2 Å². The zero-order chi connectivity index (χ0) is 34.0. The predicted octanol–water partition coefficient (Wildman–Crippen LogP) is 4.61. The van der Waals surface area contributed by atoms with E-state index in [0.717, 1.165) is 11.0 Å². The Kier molecular flexibility index (Phi) is 11.1. The molecule has 4 aromatic rings. The fourth-order valence-corrected chi connectivity index (χ4v) is 7.19. The first-order valence-electron chi connectivity index (χ1n) is 14.0. The van der Waals surface area contributed by atoms with Crippen LogP contribution in [-0.4, -0.2) is 58.2 Å². The Bertz CT molecular complexity index is 1860. The predicted molar refractivity (Wildman–Crippen MR) is 176 cm³/mol. The zero-order valence-corrected chi connectivity index (χ0v) is 28.9. The molecule has 4 N–H and O–H groups in total. The maximum Gasteiger partial charge on any atom is 0.251 e. The van der Waals surface area contributed by atoms with Crippen molar-refractivity contribution in [1.82, 2.24) is 14.9 Å². The Morgan fingerprint density at radius 2 is 1.80 bits per heavy atom. The molecule has 0 unspecified atom stereocenters. The van der Waals surface area contributed by atoms with Crippen molar-refractivity contribution in [2.24, 2.45) is 5.14 Å². The molecular weight excluding hydrogens is 679 g/mol. The summed E-state index contributed by atoms with van der Waals surface area (Å²) in [7, 11) is 1.23. The van der Waals surface area contributed by atoms with Crippen LogP contribution in [0, 0.1) is 11.6 Å². The third-order valence-electron chi connectivity index (χ3n) is 7.38. The molecule has 0 saturated heterocycles. The number of hydrogen-bond donors (Lipinski definition) is 3. The molecule has 1 amide bonds. The standard InChI is InChI=1S/C31H33Cl2F2N5O4S2/c1-31(2,19-6-9-27(23(33)14-19)46(36,42)43)28-16-38-30(40(28)20-7-8-24(34)26(15-20)44-5)45-17-21-22(32)12-18(13-25(21)35)29(41)37-10-11-39(3)4/h6-9,12-16H,10-11,17H2,1-5H3,(H,37,41)(H2,36,42,43)/p+1. The second-order valence-corrected chi connectivity index (χ2v) is 14.6. The number of rotatable bonds is 12. The number of ether oxygens (including phenoxy) is 1. The molecule has 1 aromatic heterocycles. The lowest BCUT2D eigenvalue weighted by atomic mass is 9.81. The summed E-state index contributed by atoms with van der Waals surface area (Å²) in [6.07, 6.45) is 1.63. The van der Waals surface area contributed by atoms with Gasteiger partial charge in [-0.2, -0.15) is 0 Å². The van der Waals surface area contributed by atoms with Gasteiger partial charge in [-0.3, -0.25) is 9.36 Å². The van der Waals surface area contributed by atoms with Crippen molar-refractivity contribution in [2.45, 2.75) is 35.1 Å². The lowest BCUT2D eigenvalue weighted by molar-refractivity contribution is -0.856. The number of likely N-dealkylation sites (N-methyl/N-ethyl adjacent to an activating group) is 1. The molecule has 1 heterocycles. The zero-order valence-electron chi connectivity index (χ0n) is 25.8. The highest BCUT2D eigenvalue weighted by Crippen LogP contribution is 2.39. The van der Waals surface area contributed by atoms with Crippen molar-refractivity contribution in [2.75, 3.05) is 34.3 Å². The van der Waals surface area contributed by atoms with E-state index in [9.17, 15) is 17.6 Å². The van der Waals surface area contributed by atoms with E-state index in [1.165, 1.54) is 49.2 Å². The molecule has 0 spiro atoms. The summed E-state index contributed by atoms with van der Waals surface area (Å²) >= 11 is 14.0. The Hall–Kier alpha value is -3.20. The van der Waals surface area contributed by atoms with Crippen molar-refractivity contribution in [3.8, 4) is 11.4 Å². The first-order valence-corrected chi connectivity index (χ1v) is 17.3. The highest BCUT2D eigenvalue weighted by Gasteiger charge is 2.31. The van der Waals surface area contributed by atoms with E-state index >= 15 is 4.39 Å². The Labute approximate surface area is 281 Å². The second-order valence-electron chi connectivity index (χ2n) is 11.3. The van der Waals surface area contributed by atoms with E-state index < -0.39 is 33.0 Å². The molecule has 0 bridgehead atoms. The van der Waals surface area contributed by atoms with Crippen LogP contribution < -0.4 is 20.1 Å². The van der Waals surface area contributed by atoms with Gasteiger partial charge in [-0.15, -0.1) is 0 Å². The van der Waals surface area contributed by atoms with Crippen LogP contribution in [0.1, 0.15) is 41.0 Å². The topological polar surface area (TPSA) is 121 Å². The number of methoxy groups -OCH3 is 1. The molecule has 46 heavy (non-hydrogen) atoms. The number of aromatic nitrogens is 2. The number of benzene rings is 3. The number of quaternary nitrogens is 1. The number of sulfonamides is 1. The number of hydrogen-bond acceptors (Lipinski definition) is 6. The summed E-state index contributed by atoms with van der Waals surface area (Å²) in [6.45, 7) is 4.91. The number of nitrogens with zero attached hydrogens (tertiary/aromatic N) is 2. The SMILES string of the molecule is COc1cc(-n2c(C(C)(C)c3ccc(S(N)(=O)=O)c(Cl)c3)cnc2SCc2c(F)cc(C(=O)NCC[NH+](C)C)cc2Cl)ccc1F. The Morgan fingerprint density at radius 3 is 2.41 bits per heavy atom. The Balaban J connectivity index is 1.73. The summed E-state index contributed by atoms with van der Waals surface area (Å²) in [5.74, 6) is -1.57. The number of nitrogens with one attached hydrogen (secondary N) is 2. The van der Waals surface area contributed by atoms with Gasteiger partial charge in [0, 0.05) is 33.4 Å². The average molecular weight is 714 g/mol. The highest BCUT2D eigenvalue weighted by atomic mass is 35.5. The van der Waals surface area contributed by atoms with E-state index in [-0.39, 0.29) is 37.6 Å².